The second-order valence-corrected chi connectivity index (χ2v) is 6.64. The average molecular weight is 257 g/mol. The van der Waals surface area contributed by atoms with Crippen molar-refractivity contribution in [2.45, 2.75) is 52.1 Å². The lowest BCUT2D eigenvalue weighted by molar-refractivity contribution is 0.0608. The van der Waals surface area contributed by atoms with E-state index in [0.29, 0.717) is 12.5 Å². The number of hydrogen-bond donors (Lipinski definition) is 0. The van der Waals surface area contributed by atoms with Crippen LogP contribution in [0.15, 0.2) is 0 Å². The van der Waals surface area contributed by atoms with Crippen LogP contribution in [-0.2, 0) is 13.8 Å². The first kappa shape index (κ1) is 15.2. The van der Waals surface area contributed by atoms with Crippen molar-refractivity contribution in [2.75, 3.05) is 12.4 Å². The second-order valence-electron chi connectivity index (χ2n) is 3.75. The summed E-state index contributed by atoms with van der Waals surface area (Å²) in [5, 5.41) is 0. The van der Waals surface area contributed by atoms with E-state index in [1.54, 1.807) is 0 Å². The Labute approximate surface area is 97.6 Å². The van der Waals surface area contributed by atoms with Gasteiger partial charge in [0, 0.05) is 17.3 Å². The maximum atomic E-state index is 10.6. The van der Waals surface area contributed by atoms with Crippen LogP contribution in [0.1, 0.15) is 46.0 Å². The molecule has 0 aromatic heterocycles. The SMILES string of the molecule is CCC(C)OCCCCCCS(=O)(=O)Cl. The van der Waals surface area contributed by atoms with Crippen molar-refractivity contribution in [1.29, 1.82) is 0 Å². The highest BCUT2D eigenvalue weighted by Gasteiger charge is 2.03. The minimum absolute atomic E-state index is 0.0841. The molecule has 92 valence electrons. The smallest absolute Gasteiger partial charge is 0.232 e. The Balaban J connectivity index is 3.19. The Morgan fingerprint density at radius 2 is 1.80 bits per heavy atom. The molecular formula is C10H21ClO3S. The second kappa shape index (κ2) is 8.36. The van der Waals surface area contributed by atoms with Gasteiger partial charge in [0.25, 0.3) is 0 Å². The van der Waals surface area contributed by atoms with Gasteiger partial charge in [-0.3, -0.25) is 0 Å². The third-order valence-corrected chi connectivity index (χ3v) is 3.50. The lowest BCUT2D eigenvalue weighted by Gasteiger charge is -2.09. The van der Waals surface area contributed by atoms with E-state index in [1.165, 1.54) is 0 Å². The summed E-state index contributed by atoms with van der Waals surface area (Å²) in [6.45, 7) is 4.92. The standard InChI is InChI=1S/C10H21ClO3S/c1-3-10(2)14-8-6-4-5-7-9-15(11,12)13/h10H,3-9H2,1-2H3. The van der Waals surface area contributed by atoms with Gasteiger partial charge in [-0.05, 0) is 26.2 Å². The lowest BCUT2D eigenvalue weighted by atomic mass is 10.2. The first-order chi connectivity index (χ1) is 6.95. The molecule has 0 radical (unpaired) electrons. The molecule has 5 heteroatoms. The fourth-order valence-electron chi connectivity index (χ4n) is 1.13. The molecule has 1 atom stereocenters. The summed E-state index contributed by atoms with van der Waals surface area (Å²) >= 11 is 0. The van der Waals surface area contributed by atoms with E-state index in [2.05, 4.69) is 13.8 Å². The van der Waals surface area contributed by atoms with Gasteiger partial charge in [-0.25, -0.2) is 8.42 Å². The molecule has 0 heterocycles. The summed E-state index contributed by atoms with van der Waals surface area (Å²) in [6, 6.07) is 0. The average Bonchev–Trinajstić information content (AvgIpc) is 2.14. The van der Waals surface area contributed by atoms with Gasteiger partial charge in [0.15, 0.2) is 0 Å². The first-order valence-corrected chi connectivity index (χ1v) is 7.97. The number of rotatable bonds is 9. The van der Waals surface area contributed by atoms with Crippen molar-refractivity contribution in [3.05, 3.63) is 0 Å². The molecule has 0 N–H and O–H groups in total. The van der Waals surface area contributed by atoms with Crippen molar-refractivity contribution in [1.82, 2.24) is 0 Å². The third-order valence-electron chi connectivity index (χ3n) is 2.26. The van der Waals surface area contributed by atoms with Crippen molar-refractivity contribution < 1.29 is 13.2 Å². The van der Waals surface area contributed by atoms with Crippen LogP contribution in [0, 0.1) is 0 Å². The van der Waals surface area contributed by atoms with Gasteiger partial charge in [-0.2, -0.15) is 0 Å². The first-order valence-electron chi connectivity index (χ1n) is 5.49. The largest absolute Gasteiger partial charge is 0.379 e. The molecule has 0 saturated carbocycles. The molecule has 0 aromatic rings. The summed E-state index contributed by atoms with van der Waals surface area (Å²) in [4.78, 5) is 0. The molecule has 15 heavy (non-hydrogen) atoms. The van der Waals surface area contributed by atoms with E-state index < -0.39 is 9.05 Å². The molecular weight excluding hydrogens is 236 g/mol. The zero-order valence-corrected chi connectivity index (χ0v) is 11.1. The van der Waals surface area contributed by atoms with Gasteiger partial charge in [0.2, 0.25) is 9.05 Å². The predicted octanol–water partition coefficient (Wildman–Crippen LogP) is 2.93. The Hall–Kier alpha value is 0.200. The minimum Gasteiger partial charge on any atom is -0.379 e. The van der Waals surface area contributed by atoms with Gasteiger partial charge < -0.3 is 4.74 Å². The molecule has 0 aromatic carbocycles. The zero-order chi connectivity index (χ0) is 11.7. The predicted molar refractivity (Wildman–Crippen MR) is 63.8 cm³/mol. The Morgan fingerprint density at radius 1 is 1.20 bits per heavy atom. The molecule has 1 unspecified atom stereocenters. The van der Waals surface area contributed by atoms with Crippen molar-refractivity contribution in [2.24, 2.45) is 0 Å². The van der Waals surface area contributed by atoms with Gasteiger partial charge >= 0.3 is 0 Å². The van der Waals surface area contributed by atoms with Crippen molar-refractivity contribution >= 4 is 19.7 Å². The van der Waals surface area contributed by atoms with Gasteiger partial charge in [0.1, 0.15) is 0 Å². The molecule has 0 rings (SSSR count). The molecule has 0 aliphatic rings. The number of hydrogen-bond acceptors (Lipinski definition) is 3. The summed E-state index contributed by atoms with van der Waals surface area (Å²) in [5.41, 5.74) is 0. The molecule has 0 aliphatic carbocycles. The van der Waals surface area contributed by atoms with Gasteiger partial charge in [-0.1, -0.05) is 19.8 Å². The van der Waals surface area contributed by atoms with Crippen LogP contribution >= 0.6 is 10.7 Å². The summed E-state index contributed by atoms with van der Waals surface area (Å²) in [5.74, 6) is 0.0841. The van der Waals surface area contributed by atoms with Crippen molar-refractivity contribution in [3.8, 4) is 0 Å². The Kier molecular flexibility index (Phi) is 8.47. The lowest BCUT2D eigenvalue weighted by Crippen LogP contribution is -2.07. The highest BCUT2D eigenvalue weighted by Crippen LogP contribution is 2.06. The van der Waals surface area contributed by atoms with E-state index in [1.807, 2.05) is 0 Å². The normalized spacial score (nSPS) is 14.1. The van der Waals surface area contributed by atoms with Crippen LogP contribution < -0.4 is 0 Å². The van der Waals surface area contributed by atoms with Gasteiger partial charge in [-0.15, -0.1) is 0 Å². The van der Waals surface area contributed by atoms with Crippen LogP contribution in [0.25, 0.3) is 0 Å². The molecule has 0 aliphatic heterocycles. The van der Waals surface area contributed by atoms with Crippen LogP contribution in [0.2, 0.25) is 0 Å². The molecule has 3 nitrogen and oxygen atoms in total. The highest BCUT2D eigenvalue weighted by atomic mass is 35.7. The van der Waals surface area contributed by atoms with E-state index in [9.17, 15) is 8.42 Å². The Bertz CT molecular complexity index is 239. The fourth-order valence-corrected chi connectivity index (χ4v) is 2.01. The quantitative estimate of drug-likeness (QED) is 0.471. The van der Waals surface area contributed by atoms with Crippen LogP contribution in [0.4, 0.5) is 0 Å². The maximum absolute atomic E-state index is 10.6. The third kappa shape index (κ3) is 12.1. The Morgan fingerprint density at radius 3 is 2.33 bits per heavy atom. The van der Waals surface area contributed by atoms with E-state index in [-0.39, 0.29) is 5.75 Å². The number of halogens is 1. The van der Waals surface area contributed by atoms with E-state index in [0.717, 1.165) is 32.3 Å². The molecule has 0 saturated heterocycles. The summed E-state index contributed by atoms with van der Waals surface area (Å²) < 4.78 is 26.7. The van der Waals surface area contributed by atoms with Gasteiger partial charge in [0.05, 0.1) is 11.9 Å². The molecule has 0 bridgehead atoms. The number of ether oxygens (including phenoxy) is 1. The molecule has 0 amide bonds. The summed E-state index contributed by atoms with van der Waals surface area (Å²) in [7, 11) is 1.79. The highest BCUT2D eigenvalue weighted by molar-refractivity contribution is 8.13. The van der Waals surface area contributed by atoms with Crippen molar-refractivity contribution in [3.63, 3.8) is 0 Å². The van der Waals surface area contributed by atoms with Crippen LogP contribution in [-0.4, -0.2) is 26.9 Å². The van der Waals surface area contributed by atoms with E-state index >= 15 is 0 Å². The zero-order valence-electron chi connectivity index (χ0n) is 9.54. The minimum atomic E-state index is -3.29. The fraction of sp³-hybridized carbons (Fsp3) is 1.00. The summed E-state index contributed by atoms with van der Waals surface area (Å²) in [6.07, 6.45) is 4.90. The monoisotopic (exact) mass is 256 g/mol. The maximum Gasteiger partial charge on any atom is 0.232 e. The van der Waals surface area contributed by atoms with Crippen LogP contribution in [0.5, 0.6) is 0 Å². The van der Waals surface area contributed by atoms with E-state index in [4.69, 9.17) is 15.4 Å². The molecule has 0 fully saturated rings. The molecule has 0 spiro atoms. The van der Waals surface area contributed by atoms with Crippen LogP contribution in [0.3, 0.4) is 0 Å². The number of unbranched alkanes of at least 4 members (excludes halogenated alkanes) is 3. The topological polar surface area (TPSA) is 43.4 Å².